The molecule has 2 fully saturated rings. The molecule has 184 valence electrons. The first-order valence-electron chi connectivity index (χ1n) is 12.2. The molecule has 0 amide bonds. The third kappa shape index (κ3) is 4.07. The van der Waals surface area contributed by atoms with Crippen LogP contribution in [-0.2, 0) is 4.74 Å². The van der Waals surface area contributed by atoms with E-state index in [2.05, 4.69) is 31.2 Å². The number of hydrogen-bond acceptors (Lipinski definition) is 7. The summed E-state index contributed by atoms with van der Waals surface area (Å²) in [4.78, 5) is 20.8. The molecule has 1 N–H and O–H groups in total. The molecule has 0 spiro atoms. The van der Waals surface area contributed by atoms with E-state index >= 15 is 4.39 Å². The van der Waals surface area contributed by atoms with Gasteiger partial charge in [-0.3, -0.25) is 4.34 Å². The number of fused-ring (bicyclic) bond motifs is 2. The highest BCUT2D eigenvalue weighted by Gasteiger charge is 2.26. The predicted molar refractivity (Wildman–Crippen MR) is 135 cm³/mol. The van der Waals surface area contributed by atoms with Crippen molar-refractivity contribution in [3.63, 3.8) is 0 Å². The molecule has 3 unspecified atom stereocenters. The van der Waals surface area contributed by atoms with Crippen LogP contribution in [0.3, 0.4) is 0 Å². The van der Waals surface area contributed by atoms with E-state index in [-0.39, 0.29) is 24.6 Å². The van der Waals surface area contributed by atoms with Gasteiger partial charge in [-0.2, -0.15) is 4.98 Å². The van der Waals surface area contributed by atoms with Crippen molar-refractivity contribution in [2.45, 2.75) is 44.8 Å². The largest absolute Gasteiger partial charge is 0.396 e. The van der Waals surface area contributed by atoms with Gasteiger partial charge in [-0.25, -0.2) is 19.3 Å². The summed E-state index contributed by atoms with van der Waals surface area (Å²) in [6, 6.07) is 3.48. The molecule has 1 aromatic carbocycles. The van der Waals surface area contributed by atoms with Crippen LogP contribution < -0.4 is 4.90 Å². The molecule has 0 bridgehead atoms. The number of benzene rings is 1. The number of imidazole rings is 2. The van der Waals surface area contributed by atoms with Gasteiger partial charge in [0.25, 0.3) is 0 Å². The molecule has 5 heterocycles. The zero-order valence-electron chi connectivity index (χ0n) is 19.6. The highest BCUT2D eigenvalue weighted by atomic mass is 31.0. The molecule has 2 saturated heterocycles. The smallest absolute Gasteiger partial charge is 0.228 e. The van der Waals surface area contributed by atoms with E-state index < -0.39 is 0 Å². The normalized spacial score (nSPS) is 21.9. The highest BCUT2D eigenvalue weighted by molar-refractivity contribution is 7.14. The number of halogens is 1. The molecular weight excluding hydrogens is 468 g/mol. The topological polar surface area (TPSA) is 94.1 Å². The molecule has 2 aliphatic heterocycles. The minimum Gasteiger partial charge on any atom is -0.396 e. The van der Waals surface area contributed by atoms with E-state index in [4.69, 9.17) is 14.7 Å². The Morgan fingerprint density at radius 3 is 2.69 bits per heavy atom. The van der Waals surface area contributed by atoms with Gasteiger partial charge in [0.05, 0.1) is 30.6 Å². The highest BCUT2D eigenvalue weighted by Crippen LogP contribution is 2.34. The summed E-state index contributed by atoms with van der Waals surface area (Å²) < 4.78 is 25.1. The lowest BCUT2D eigenvalue weighted by atomic mass is 9.98. The molecule has 4 aromatic rings. The number of piperidine rings is 1. The summed E-state index contributed by atoms with van der Waals surface area (Å²) in [5.41, 5.74) is 3.56. The number of anilines is 1. The molecule has 2 aliphatic rings. The van der Waals surface area contributed by atoms with Crippen LogP contribution in [0, 0.1) is 11.7 Å². The van der Waals surface area contributed by atoms with Gasteiger partial charge < -0.3 is 19.3 Å². The number of aliphatic hydroxyl groups excluding tert-OH is 1. The van der Waals surface area contributed by atoms with Gasteiger partial charge >= 0.3 is 0 Å². The Morgan fingerprint density at radius 1 is 1.11 bits per heavy atom. The summed E-state index contributed by atoms with van der Waals surface area (Å²) in [5.74, 6) is 0.565. The Labute approximate surface area is 204 Å². The number of nitrogens with zero attached hydrogens (tertiary/aromatic N) is 7. The Hall–Kier alpha value is -2.68. The van der Waals surface area contributed by atoms with E-state index in [0.29, 0.717) is 51.9 Å². The fourth-order valence-corrected chi connectivity index (χ4v) is 5.43. The summed E-state index contributed by atoms with van der Waals surface area (Å²) in [6.45, 7) is 4.36. The average Bonchev–Trinajstić information content (AvgIpc) is 3.48. The van der Waals surface area contributed by atoms with E-state index in [9.17, 15) is 5.11 Å². The molecular formula is C24H29FN7O2P. The summed E-state index contributed by atoms with van der Waals surface area (Å²) in [7, 11) is 2.59. The number of aliphatic hydroxyl groups is 1. The molecule has 0 radical (unpaired) electrons. The third-order valence-electron chi connectivity index (χ3n) is 7.33. The van der Waals surface area contributed by atoms with Gasteiger partial charge in [0.1, 0.15) is 28.9 Å². The fourth-order valence-electron chi connectivity index (χ4n) is 5.19. The van der Waals surface area contributed by atoms with Gasteiger partial charge in [-0.05, 0) is 60.0 Å². The van der Waals surface area contributed by atoms with Crippen LogP contribution in [0.5, 0.6) is 0 Å². The maximum absolute atomic E-state index is 15.6. The third-order valence-corrected chi connectivity index (χ3v) is 7.71. The minimum absolute atomic E-state index is 0.0728. The first-order chi connectivity index (χ1) is 17.0. The second-order valence-electron chi connectivity index (χ2n) is 9.66. The van der Waals surface area contributed by atoms with Crippen molar-refractivity contribution in [2.75, 3.05) is 31.2 Å². The number of hydrogen-bond donors (Lipinski definition) is 1. The van der Waals surface area contributed by atoms with Crippen LogP contribution in [0.4, 0.5) is 10.3 Å². The van der Waals surface area contributed by atoms with Crippen molar-refractivity contribution in [1.82, 2.24) is 28.8 Å². The van der Waals surface area contributed by atoms with Crippen molar-refractivity contribution in [3.8, 4) is 11.3 Å². The second-order valence-corrected chi connectivity index (χ2v) is 10.2. The average molecular weight is 498 g/mol. The van der Waals surface area contributed by atoms with Crippen molar-refractivity contribution < 1.29 is 14.2 Å². The van der Waals surface area contributed by atoms with Crippen molar-refractivity contribution >= 4 is 37.5 Å². The Morgan fingerprint density at radius 2 is 1.94 bits per heavy atom. The minimum atomic E-state index is -0.337. The van der Waals surface area contributed by atoms with Gasteiger partial charge in [0.2, 0.25) is 5.95 Å². The summed E-state index contributed by atoms with van der Waals surface area (Å²) in [6.07, 6.45) is 7.26. The molecule has 11 heteroatoms. The lowest BCUT2D eigenvalue weighted by Crippen LogP contribution is -2.36. The molecule has 3 atom stereocenters. The van der Waals surface area contributed by atoms with E-state index in [1.807, 2.05) is 10.6 Å². The molecule has 0 saturated carbocycles. The van der Waals surface area contributed by atoms with Crippen LogP contribution in [0.25, 0.3) is 33.5 Å². The van der Waals surface area contributed by atoms with E-state index in [1.165, 1.54) is 6.07 Å². The number of aromatic nitrogens is 6. The van der Waals surface area contributed by atoms with Gasteiger partial charge in [0.15, 0.2) is 5.65 Å². The van der Waals surface area contributed by atoms with Crippen LogP contribution >= 0.6 is 9.39 Å². The summed E-state index contributed by atoms with van der Waals surface area (Å²) >= 11 is 0. The predicted octanol–water partition coefficient (Wildman–Crippen LogP) is 3.57. The van der Waals surface area contributed by atoms with Crippen molar-refractivity contribution in [2.24, 2.45) is 5.92 Å². The quantitative estimate of drug-likeness (QED) is 0.431. The monoisotopic (exact) mass is 497 g/mol. The zero-order valence-corrected chi connectivity index (χ0v) is 20.8. The maximum atomic E-state index is 15.6. The number of rotatable bonds is 4. The molecule has 6 rings (SSSR count). The van der Waals surface area contributed by atoms with Crippen molar-refractivity contribution in [3.05, 3.63) is 30.6 Å². The zero-order chi connectivity index (χ0) is 24.1. The standard InChI is InChI=1S/C24H29FN7O2P/c1-14-2-3-17(11-34-14)31-12-26-19-9-16(8-18(25)22(19)31)20-21-23(32(35)13-27-21)29-24(28-20)30-6-4-15(10-33)5-7-30/h8-9,12-15,17,33H,2-7,10-11,35H2,1H3. The van der Waals surface area contributed by atoms with Crippen LogP contribution in [0.1, 0.15) is 38.6 Å². The maximum Gasteiger partial charge on any atom is 0.228 e. The lowest BCUT2D eigenvalue weighted by Gasteiger charge is -2.31. The first-order valence-corrected chi connectivity index (χ1v) is 12.7. The molecule has 3 aromatic heterocycles. The fraction of sp³-hybridized carbons (Fsp3) is 0.500. The first kappa shape index (κ1) is 22.8. The molecule has 0 aliphatic carbocycles. The van der Waals surface area contributed by atoms with E-state index in [0.717, 1.165) is 38.8 Å². The Kier molecular flexibility index (Phi) is 5.90. The Balaban J connectivity index is 1.41. The van der Waals surface area contributed by atoms with E-state index in [1.54, 1.807) is 17.0 Å². The Bertz CT molecular complexity index is 1370. The summed E-state index contributed by atoms with van der Waals surface area (Å²) in [5, 5.41) is 9.49. The van der Waals surface area contributed by atoms with Crippen molar-refractivity contribution in [1.29, 1.82) is 0 Å². The second kappa shape index (κ2) is 9.08. The van der Waals surface area contributed by atoms with Gasteiger partial charge in [0, 0.05) is 25.3 Å². The van der Waals surface area contributed by atoms with Crippen LogP contribution in [0.15, 0.2) is 24.8 Å². The van der Waals surface area contributed by atoms with Crippen LogP contribution in [-0.4, -0.2) is 66.4 Å². The van der Waals surface area contributed by atoms with Gasteiger partial charge in [-0.15, -0.1) is 0 Å². The van der Waals surface area contributed by atoms with Gasteiger partial charge in [-0.1, -0.05) is 0 Å². The molecule has 9 nitrogen and oxygen atoms in total. The van der Waals surface area contributed by atoms with Crippen LogP contribution in [0.2, 0.25) is 0 Å². The SMILES string of the molecule is CC1CCC(n2cnc3cc(-c4nc(N5CCC(CO)CC5)nc5c4ncn5P)cc(F)c32)CO1. The lowest BCUT2D eigenvalue weighted by molar-refractivity contribution is 0.000143. The number of ether oxygens (including phenoxy) is 1. The molecule has 35 heavy (non-hydrogen) atoms.